The largest absolute Gasteiger partial charge is 0.450 e. The van der Waals surface area contributed by atoms with E-state index < -0.39 is 0 Å². The minimum absolute atomic E-state index is 0.169. The smallest absolute Gasteiger partial charge is 0.409 e. The van der Waals surface area contributed by atoms with Crippen LogP contribution < -0.4 is 5.32 Å². The Balaban J connectivity index is 1.56. The van der Waals surface area contributed by atoms with Crippen LogP contribution in [0.4, 0.5) is 16.6 Å². The zero-order valence-corrected chi connectivity index (χ0v) is 14.6. The summed E-state index contributed by atoms with van der Waals surface area (Å²) in [4.78, 5) is 35.8. The lowest BCUT2D eigenvalue weighted by Crippen LogP contribution is -2.50. The highest BCUT2D eigenvalue weighted by Crippen LogP contribution is 2.13. The van der Waals surface area contributed by atoms with E-state index in [0.717, 1.165) is 0 Å². The standard InChI is InChI=1S/C16H20N6O4/c1-3-25-16(24)22-6-4-21(5-7-22)14(23)12-9-17-15(18-10-12)19-13-8-11(2)26-20-13/h8-10H,3-7H2,1-2H3,(H,17,18,19,20). The van der Waals surface area contributed by atoms with Gasteiger partial charge in [-0.15, -0.1) is 0 Å². The molecule has 1 fully saturated rings. The maximum Gasteiger partial charge on any atom is 0.409 e. The highest BCUT2D eigenvalue weighted by Gasteiger charge is 2.25. The van der Waals surface area contributed by atoms with Gasteiger partial charge in [-0.25, -0.2) is 14.8 Å². The second-order valence-corrected chi connectivity index (χ2v) is 5.72. The quantitative estimate of drug-likeness (QED) is 0.871. The molecule has 0 aromatic carbocycles. The van der Waals surface area contributed by atoms with Gasteiger partial charge < -0.3 is 24.4 Å². The van der Waals surface area contributed by atoms with Gasteiger partial charge in [-0.3, -0.25) is 4.79 Å². The third kappa shape index (κ3) is 4.08. The second-order valence-electron chi connectivity index (χ2n) is 5.72. The van der Waals surface area contributed by atoms with Crippen LogP contribution in [-0.4, -0.2) is 69.7 Å². The van der Waals surface area contributed by atoms with E-state index in [2.05, 4.69) is 20.4 Å². The summed E-state index contributed by atoms with van der Waals surface area (Å²) < 4.78 is 9.92. The van der Waals surface area contributed by atoms with Crippen molar-refractivity contribution in [2.45, 2.75) is 13.8 Å². The first kappa shape index (κ1) is 17.6. The minimum atomic E-state index is -0.346. The van der Waals surface area contributed by atoms with Crippen molar-refractivity contribution in [1.29, 1.82) is 0 Å². The Hall–Kier alpha value is -3.17. The lowest BCUT2D eigenvalue weighted by Gasteiger charge is -2.33. The Morgan fingerprint density at radius 1 is 1.19 bits per heavy atom. The number of rotatable bonds is 4. The summed E-state index contributed by atoms with van der Waals surface area (Å²) in [5.41, 5.74) is 0.386. The van der Waals surface area contributed by atoms with Crippen molar-refractivity contribution in [2.75, 3.05) is 38.1 Å². The summed E-state index contributed by atoms with van der Waals surface area (Å²) in [7, 11) is 0. The molecule has 10 nitrogen and oxygen atoms in total. The molecule has 2 aromatic rings. The van der Waals surface area contributed by atoms with E-state index >= 15 is 0 Å². The van der Waals surface area contributed by atoms with E-state index in [1.165, 1.54) is 12.4 Å². The minimum Gasteiger partial charge on any atom is -0.450 e. The van der Waals surface area contributed by atoms with Crippen LogP contribution in [0.1, 0.15) is 23.0 Å². The van der Waals surface area contributed by atoms with Crippen molar-refractivity contribution >= 4 is 23.8 Å². The number of hydrogen-bond donors (Lipinski definition) is 1. The fourth-order valence-electron chi connectivity index (χ4n) is 2.53. The Kier molecular flexibility index (Phi) is 5.30. The van der Waals surface area contributed by atoms with E-state index in [1.807, 2.05) is 0 Å². The van der Waals surface area contributed by atoms with Gasteiger partial charge in [0, 0.05) is 44.6 Å². The number of aromatic nitrogens is 3. The number of nitrogens with one attached hydrogen (secondary N) is 1. The second kappa shape index (κ2) is 7.81. The van der Waals surface area contributed by atoms with E-state index in [4.69, 9.17) is 9.26 Å². The molecule has 3 heterocycles. The Morgan fingerprint density at radius 2 is 1.85 bits per heavy atom. The predicted octanol–water partition coefficient (Wildman–Crippen LogP) is 1.43. The number of hydrogen-bond acceptors (Lipinski definition) is 8. The molecule has 0 unspecified atom stereocenters. The number of aryl methyl sites for hydroxylation is 1. The van der Waals surface area contributed by atoms with Crippen LogP contribution in [0, 0.1) is 6.92 Å². The number of anilines is 2. The summed E-state index contributed by atoms with van der Waals surface area (Å²) in [6.07, 6.45) is 2.58. The molecule has 0 spiro atoms. The first-order chi connectivity index (χ1) is 12.6. The van der Waals surface area contributed by atoms with Crippen molar-refractivity contribution < 1.29 is 18.8 Å². The molecule has 138 valence electrons. The van der Waals surface area contributed by atoms with Gasteiger partial charge in [-0.1, -0.05) is 5.16 Å². The summed E-state index contributed by atoms with van der Waals surface area (Å²) in [6, 6.07) is 1.71. The number of amides is 2. The van der Waals surface area contributed by atoms with E-state index in [9.17, 15) is 9.59 Å². The molecular formula is C16H20N6O4. The van der Waals surface area contributed by atoms with E-state index in [0.29, 0.717) is 55.9 Å². The average molecular weight is 360 g/mol. The monoisotopic (exact) mass is 360 g/mol. The maximum atomic E-state index is 12.5. The molecule has 2 aromatic heterocycles. The van der Waals surface area contributed by atoms with Crippen LogP contribution in [0.2, 0.25) is 0 Å². The first-order valence-corrected chi connectivity index (χ1v) is 8.30. The van der Waals surface area contributed by atoms with Crippen LogP contribution in [0.5, 0.6) is 0 Å². The Morgan fingerprint density at radius 3 is 2.42 bits per heavy atom. The molecule has 0 saturated carbocycles. The molecule has 0 atom stereocenters. The Labute approximate surface area is 150 Å². The molecule has 0 bridgehead atoms. The number of ether oxygens (including phenoxy) is 1. The van der Waals surface area contributed by atoms with Crippen molar-refractivity contribution in [3.05, 3.63) is 29.8 Å². The van der Waals surface area contributed by atoms with E-state index in [1.54, 1.807) is 29.7 Å². The molecule has 0 aliphatic carbocycles. The van der Waals surface area contributed by atoms with Gasteiger partial charge >= 0.3 is 6.09 Å². The van der Waals surface area contributed by atoms with Gasteiger partial charge in [0.2, 0.25) is 5.95 Å². The molecule has 1 N–H and O–H groups in total. The number of carbonyl (C=O) groups is 2. The normalized spacial score (nSPS) is 14.2. The van der Waals surface area contributed by atoms with Crippen molar-refractivity contribution in [3.8, 4) is 0 Å². The zero-order valence-electron chi connectivity index (χ0n) is 14.6. The van der Waals surface area contributed by atoms with Gasteiger partial charge in [0.05, 0.1) is 12.2 Å². The highest BCUT2D eigenvalue weighted by atomic mass is 16.6. The van der Waals surface area contributed by atoms with Gasteiger partial charge in [0.25, 0.3) is 5.91 Å². The van der Waals surface area contributed by atoms with Gasteiger partial charge in [0.15, 0.2) is 5.82 Å². The van der Waals surface area contributed by atoms with Gasteiger partial charge in [-0.05, 0) is 13.8 Å². The lowest BCUT2D eigenvalue weighted by atomic mass is 10.2. The Bertz CT molecular complexity index is 767. The van der Waals surface area contributed by atoms with Crippen LogP contribution in [-0.2, 0) is 4.74 Å². The molecule has 3 rings (SSSR count). The summed E-state index contributed by atoms with van der Waals surface area (Å²) in [6.45, 7) is 5.64. The molecule has 1 saturated heterocycles. The van der Waals surface area contributed by atoms with Gasteiger partial charge in [0.1, 0.15) is 5.76 Å². The van der Waals surface area contributed by atoms with Crippen LogP contribution in [0.3, 0.4) is 0 Å². The fourth-order valence-corrected chi connectivity index (χ4v) is 2.53. The molecular weight excluding hydrogens is 340 g/mol. The van der Waals surface area contributed by atoms with Crippen LogP contribution in [0.15, 0.2) is 23.0 Å². The molecule has 2 amide bonds. The van der Waals surface area contributed by atoms with E-state index in [-0.39, 0.29) is 12.0 Å². The lowest BCUT2D eigenvalue weighted by molar-refractivity contribution is 0.0570. The number of nitrogens with zero attached hydrogens (tertiary/aromatic N) is 5. The third-order valence-electron chi connectivity index (χ3n) is 3.86. The molecule has 1 aliphatic rings. The van der Waals surface area contributed by atoms with Crippen molar-refractivity contribution in [3.63, 3.8) is 0 Å². The topological polar surface area (TPSA) is 114 Å². The first-order valence-electron chi connectivity index (χ1n) is 8.30. The van der Waals surface area contributed by atoms with Crippen LogP contribution in [0.25, 0.3) is 0 Å². The van der Waals surface area contributed by atoms with Crippen molar-refractivity contribution in [2.24, 2.45) is 0 Å². The molecule has 1 aliphatic heterocycles. The maximum absolute atomic E-state index is 12.5. The molecule has 26 heavy (non-hydrogen) atoms. The zero-order chi connectivity index (χ0) is 18.5. The summed E-state index contributed by atoms with van der Waals surface area (Å²) in [5.74, 6) is 1.32. The number of carbonyl (C=O) groups excluding carboxylic acids is 2. The van der Waals surface area contributed by atoms with Crippen molar-refractivity contribution in [1.82, 2.24) is 24.9 Å². The number of piperazine rings is 1. The SMILES string of the molecule is CCOC(=O)N1CCN(C(=O)c2cnc(Nc3cc(C)on3)nc2)CC1. The highest BCUT2D eigenvalue weighted by molar-refractivity contribution is 5.93. The molecule has 10 heteroatoms. The third-order valence-corrected chi connectivity index (χ3v) is 3.86. The predicted molar refractivity (Wildman–Crippen MR) is 91.1 cm³/mol. The van der Waals surface area contributed by atoms with Crippen LogP contribution >= 0.6 is 0 Å². The fraction of sp³-hybridized carbons (Fsp3) is 0.438. The van der Waals surface area contributed by atoms with Gasteiger partial charge in [-0.2, -0.15) is 0 Å². The molecule has 0 radical (unpaired) electrons. The summed E-state index contributed by atoms with van der Waals surface area (Å²) in [5, 5.41) is 6.68. The average Bonchev–Trinajstić information content (AvgIpc) is 3.07. The summed E-state index contributed by atoms with van der Waals surface area (Å²) >= 11 is 0.